The predicted octanol–water partition coefficient (Wildman–Crippen LogP) is 4.07. The molecule has 0 bridgehead atoms. The monoisotopic (exact) mass is 449 g/mol. The van der Waals surface area contributed by atoms with E-state index in [4.69, 9.17) is 0 Å². The number of thiophene rings is 2. The molecule has 0 spiro atoms. The number of hydrogen-bond acceptors (Lipinski definition) is 3. The highest BCUT2D eigenvalue weighted by atomic mass is 127. The SMILES string of the molecule is CN=C(NCCc1ccsc1)NC(C)Cc1ccc(C)s1.I. The third-order valence-electron chi connectivity index (χ3n) is 3.20. The van der Waals surface area contributed by atoms with Crippen molar-refractivity contribution in [2.24, 2.45) is 4.99 Å². The topological polar surface area (TPSA) is 36.4 Å². The van der Waals surface area contributed by atoms with Crippen LogP contribution in [-0.4, -0.2) is 25.6 Å². The molecule has 0 aliphatic rings. The quantitative estimate of drug-likeness (QED) is 0.396. The van der Waals surface area contributed by atoms with Gasteiger partial charge in [0.25, 0.3) is 0 Å². The van der Waals surface area contributed by atoms with Gasteiger partial charge in [-0.15, -0.1) is 35.3 Å². The molecule has 3 nitrogen and oxygen atoms in total. The molecule has 2 aromatic rings. The van der Waals surface area contributed by atoms with Gasteiger partial charge in [0, 0.05) is 35.8 Å². The summed E-state index contributed by atoms with van der Waals surface area (Å²) < 4.78 is 0. The van der Waals surface area contributed by atoms with Crippen molar-refractivity contribution in [1.82, 2.24) is 10.6 Å². The number of nitrogens with zero attached hydrogens (tertiary/aromatic N) is 1. The van der Waals surface area contributed by atoms with Gasteiger partial charge >= 0.3 is 0 Å². The standard InChI is InChI=1S/C16H23N3S2.HI/c1-12(10-15-5-4-13(2)21-15)19-16(17-3)18-8-6-14-7-9-20-11-14;/h4-5,7,9,11-12H,6,8,10H2,1-3H3,(H2,17,18,19);1H. The van der Waals surface area contributed by atoms with Crippen LogP contribution in [0.25, 0.3) is 0 Å². The molecule has 2 heterocycles. The molecule has 0 radical (unpaired) electrons. The van der Waals surface area contributed by atoms with Crippen LogP contribution in [-0.2, 0) is 12.8 Å². The fraction of sp³-hybridized carbons (Fsp3) is 0.438. The molecule has 122 valence electrons. The smallest absolute Gasteiger partial charge is 0.191 e. The summed E-state index contributed by atoms with van der Waals surface area (Å²) in [4.78, 5) is 7.08. The Hall–Kier alpha value is -0.600. The van der Waals surface area contributed by atoms with Crippen molar-refractivity contribution in [3.8, 4) is 0 Å². The maximum Gasteiger partial charge on any atom is 0.191 e. The number of aliphatic imine (C=N–C) groups is 1. The van der Waals surface area contributed by atoms with Gasteiger partial charge in [0.15, 0.2) is 5.96 Å². The van der Waals surface area contributed by atoms with Crippen molar-refractivity contribution in [2.45, 2.75) is 32.7 Å². The Balaban J connectivity index is 0.00000242. The predicted molar refractivity (Wildman–Crippen MR) is 110 cm³/mol. The molecule has 0 aliphatic heterocycles. The molecule has 22 heavy (non-hydrogen) atoms. The van der Waals surface area contributed by atoms with Crippen LogP contribution in [0.2, 0.25) is 0 Å². The lowest BCUT2D eigenvalue weighted by Gasteiger charge is -2.17. The van der Waals surface area contributed by atoms with Gasteiger partial charge in [-0.25, -0.2) is 0 Å². The first kappa shape index (κ1) is 19.4. The zero-order valence-corrected chi connectivity index (χ0v) is 17.2. The first-order valence-electron chi connectivity index (χ1n) is 7.21. The molecule has 0 saturated carbocycles. The molecule has 6 heteroatoms. The molecule has 0 fully saturated rings. The lowest BCUT2D eigenvalue weighted by atomic mass is 10.2. The molecule has 2 rings (SSSR count). The number of hydrogen-bond donors (Lipinski definition) is 2. The Morgan fingerprint density at radius 1 is 1.32 bits per heavy atom. The average molecular weight is 449 g/mol. The molecular formula is C16H24IN3S2. The maximum atomic E-state index is 4.29. The summed E-state index contributed by atoms with van der Waals surface area (Å²) >= 11 is 3.61. The van der Waals surface area contributed by atoms with E-state index in [1.54, 1.807) is 11.3 Å². The van der Waals surface area contributed by atoms with Gasteiger partial charge < -0.3 is 10.6 Å². The average Bonchev–Trinajstić information content (AvgIpc) is 3.09. The fourth-order valence-corrected chi connectivity index (χ4v) is 3.86. The van der Waals surface area contributed by atoms with Gasteiger partial charge in [-0.2, -0.15) is 11.3 Å². The summed E-state index contributed by atoms with van der Waals surface area (Å²) in [5.41, 5.74) is 1.38. The Bertz CT molecular complexity index is 564. The number of nitrogens with one attached hydrogen (secondary N) is 2. The van der Waals surface area contributed by atoms with E-state index in [9.17, 15) is 0 Å². The van der Waals surface area contributed by atoms with Crippen LogP contribution >= 0.6 is 46.7 Å². The van der Waals surface area contributed by atoms with E-state index in [0.29, 0.717) is 6.04 Å². The number of rotatable bonds is 6. The largest absolute Gasteiger partial charge is 0.356 e. The number of halogens is 1. The summed E-state index contributed by atoms with van der Waals surface area (Å²) in [5, 5.41) is 11.1. The lowest BCUT2D eigenvalue weighted by molar-refractivity contribution is 0.645. The van der Waals surface area contributed by atoms with E-state index in [-0.39, 0.29) is 24.0 Å². The van der Waals surface area contributed by atoms with Gasteiger partial charge in [0.1, 0.15) is 0 Å². The van der Waals surface area contributed by atoms with Crippen molar-refractivity contribution < 1.29 is 0 Å². The van der Waals surface area contributed by atoms with Crippen molar-refractivity contribution in [2.75, 3.05) is 13.6 Å². The van der Waals surface area contributed by atoms with Crippen LogP contribution in [0.1, 0.15) is 22.2 Å². The molecular weight excluding hydrogens is 425 g/mol. The molecule has 0 saturated heterocycles. The minimum absolute atomic E-state index is 0. The van der Waals surface area contributed by atoms with Crippen molar-refractivity contribution in [3.63, 3.8) is 0 Å². The van der Waals surface area contributed by atoms with Crippen molar-refractivity contribution >= 4 is 52.6 Å². The molecule has 1 atom stereocenters. The van der Waals surface area contributed by atoms with Crippen LogP contribution in [0, 0.1) is 6.92 Å². The molecule has 2 N–H and O–H groups in total. The molecule has 0 amide bonds. The highest BCUT2D eigenvalue weighted by molar-refractivity contribution is 14.0. The van der Waals surface area contributed by atoms with E-state index >= 15 is 0 Å². The molecule has 2 aromatic heterocycles. The third-order valence-corrected chi connectivity index (χ3v) is 4.95. The summed E-state index contributed by atoms with van der Waals surface area (Å²) in [6.07, 6.45) is 2.06. The maximum absolute atomic E-state index is 4.29. The second kappa shape index (κ2) is 10.2. The van der Waals surface area contributed by atoms with E-state index in [2.05, 4.69) is 58.4 Å². The Morgan fingerprint density at radius 3 is 2.73 bits per heavy atom. The number of guanidine groups is 1. The normalized spacial score (nSPS) is 12.6. The van der Waals surface area contributed by atoms with Gasteiger partial charge in [0.05, 0.1) is 0 Å². The van der Waals surface area contributed by atoms with E-state index < -0.39 is 0 Å². The molecule has 0 aliphatic carbocycles. The Labute approximate surface area is 158 Å². The zero-order valence-electron chi connectivity index (χ0n) is 13.3. The Kier molecular flexibility index (Phi) is 9.04. The van der Waals surface area contributed by atoms with Crippen LogP contribution in [0.15, 0.2) is 34.0 Å². The minimum atomic E-state index is 0. The van der Waals surface area contributed by atoms with E-state index in [1.165, 1.54) is 15.3 Å². The van der Waals surface area contributed by atoms with E-state index in [0.717, 1.165) is 25.3 Å². The fourth-order valence-electron chi connectivity index (χ4n) is 2.14. The summed E-state index contributed by atoms with van der Waals surface area (Å²) in [5.74, 6) is 0.881. The van der Waals surface area contributed by atoms with Gasteiger partial charge in [-0.3, -0.25) is 4.99 Å². The van der Waals surface area contributed by atoms with Crippen LogP contribution < -0.4 is 10.6 Å². The minimum Gasteiger partial charge on any atom is -0.356 e. The first-order valence-corrected chi connectivity index (χ1v) is 8.97. The highest BCUT2D eigenvalue weighted by Crippen LogP contribution is 2.16. The summed E-state index contributed by atoms with van der Waals surface area (Å²) in [6.45, 7) is 5.25. The summed E-state index contributed by atoms with van der Waals surface area (Å²) in [6, 6.07) is 6.94. The first-order chi connectivity index (χ1) is 10.2. The van der Waals surface area contributed by atoms with Crippen LogP contribution in [0.5, 0.6) is 0 Å². The van der Waals surface area contributed by atoms with E-state index in [1.807, 2.05) is 18.4 Å². The van der Waals surface area contributed by atoms with Crippen molar-refractivity contribution in [1.29, 1.82) is 0 Å². The highest BCUT2D eigenvalue weighted by Gasteiger charge is 2.07. The van der Waals surface area contributed by atoms with Gasteiger partial charge in [-0.1, -0.05) is 0 Å². The second-order valence-electron chi connectivity index (χ2n) is 5.14. The van der Waals surface area contributed by atoms with Crippen LogP contribution in [0.4, 0.5) is 0 Å². The van der Waals surface area contributed by atoms with Crippen LogP contribution in [0.3, 0.4) is 0 Å². The lowest BCUT2D eigenvalue weighted by Crippen LogP contribution is -2.43. The molecule has 1 unspecified atom stereocenters. The van der Waals surface area contributed by atoms with Gasteiger partial charge in [0.2, 0.25) is 0 Å². The van der Waals surface area contributed by atoms with Gasteiger partial charge in [-0.05, 0) is 54.8 Å². The Morgan fingerprint density at radius 2 is 2.14 bits per heavy atom. The second-order valence-corrected chi connectivity index (χ2v) is 7.29. The van der Waals surface area contributed by atoms with Crippen molar-refractivity contribution in [3.05, 3.63) is 44.3 Å². The summed E-state index contributed by atoms with van der Waals surface area (Å²) in [7, 11) is 1.82. The zero-order chi connectivity index (χ0) is 15.1. The molecule has 0 aromatic carbocycles. The third kappa shape index (κ3) is 6.66. The number of aryl methyl sites for hydroxylation is 1.